The second-order valence-electron chi connectivity index (χ2n) is 4.95. The fraction of sp³-hybridized carbons (Fsp3) is 1.00. The number of piperazine rings is 1. The van der Waals surface area contributed by atoms with Crippen LogP contribution in [0.3, 0.4) is 0 Å². The van der Waals surface area contributed by atoms with Gasteiger partial charge < -0.3 is 15.0 Å². The fourth-order valence-corrected chi connectivity index (χ4v) is 3.18. The van der Waals surface area contributed by atoms with Crippen molar-refractivity contribution in [3.8, 4) is 0 Å². The zero-order chi connectivity index (χ0) is 9.60. The Balaban J connectivity index is 1.82. The molecule has 0 amide bonds. The quantitative estimate of drug-likeness (QED) is 0.538. The second kappa shape index (κ2) is 3.17. The summed E-state index contributed by atoms with van der Waals surface area (Å²) in [5.41, 5.74) is 0.432. The maximum absolute atomic E-state index is 5.56. The van der Waals surface area contributed by atoms with Crippen molar-refractivity contribution in [2.45, 2.75) is 11.6 Å². The van der Waals surface area contributed by atoms with Gasteiger partial charge in [0.15, 0.2) is 0 Å². The number of hydrogen-bond acceptors (Lipinski definition) is 4. The molecule has 0 unspecified atom stereocenters. The van der Waals surface area contributed by atoms with Crippen LogP contribution in [0, 0.1) is 0 Å². The van der Waals surface area contributed by atoms with Crippen molar-refractivity contribution in [2.24, 2.45) is 0 Å². The highest BCUT2D eigenvalue weighted by molar-refractivity contribution is 5.09. The third kappa shape index (κ3) is 1.21. The van der Waals surface area contributed by atoms with Crippen molar-refractivity contribution in [3.63, 3.8) is 0 Å². The van der Waals surface area contributed by atoms with E-state index in [1.165, 1.54) is 13.1 Å². The van der Waals surface area contributed by atoms with Gasteiger partial charge in [0, 0.05) is 38.8 Å². The Hall–Kier alpha value is -0.160. The molecule has 3 aliphatic heterocycles. The summed E-state index contributed by atoms with van der Waals surface area (Å²) >= 11 is 0. The lowest BCUT2D eigenvalue weighted by Crippen LogP contribution is -2.79. The number of ether oxygens (including phenoxy) is 1. The molecule has 3 aliphatic rings. The first-order valence-electron chi connectivity index (χ1n) is 5.54. The Kier molecular flexibility index (Phi) is 2.06. The monoisotopic (exact) mass is 197 g/mol. The van der Waals surface area contributed by atoms with Gasteiger partial charge in [0.1, 0.15) is 0 Å². The molecule has 0 radical (unpaired) electrons. The Labute approximate surface area is 85.2 Å². The number of rotatable bonds is 0. The molecule has 0 aromatic carbocycles. The number of morpholine rings is 1. The molecular weight excluding hydrogens is 178 g/mol. The smallest absolute Gasteiger partial charge is 0.0635 e. The van der Waals surface area contributed by atoms with Gasteiger partial charge in [0.25, 0.3) is 0 Å². The average molecular weight is 197 g/mol. The van der Waals surface area contributed by atoms with E-state index in [2.05, 4.69) is 22.2 Å². The van der Waals surface area contributed by atoms with Crippen LogP contribution in [0.2, 0.25) is 0 Å². The molecule has 0 aliphatic carbocycles. The average Bonchev–Trinajstić information content (AvgIpc) is 2.14. The minimum atomic E-state index is 0.432. The van der Waals surface area contributed by atoms with Crippen LogP contribution in [0.25, 0.3) is 0 Å². The number of nitrogens with zero attached hydrogens (tertiary/aromatic N) is 2. The van der Waals surface area contributed by atoms with E-state index in [4.69, 9.17) is 4.74 Å². The molecule has 0 saturated carbocycles. The number of hydrogen-bond donors (Lipinski definition) is 1. The molecule has 3 rings (SSSR count). The van der Waals surface area contributed by atoms with Gasteiger partial charge in [-0.25, -0.2) is 0 Å². The van der Waals surface area contributed by atoms with Crippen molar-refractivity contribution in [1.82, 2.24) is 15.1 Å². The summed E-state index contributed by atoms with van der Waals surface area (Å²) in [7, 11) is 2.23. The fourth-order valence-electron chi connectivity index (χ4n) is 3.18. The van der Waals surface area contributed by atoms with Crippen LogP contribution in [-0.2, 0) is 4.74 Å². The van der Waals surface area contributed by atoms with Crippen molar-refractivity contribution < 1.29 is 4.74 Å². The van der Waals surface area contributed by atoms with Crippen molar-refractivity contribution >= 4 is 0 Å². The van der Waals surface area contributed by atoms with E-state index >= 15 is 0 Å². The molecule has 1 spiro atoms. The van der Waals surface area contributed by atoms with E-state index in [9.17, 15) is 0 Å². The van der Waals surface area contributed by atoms with Crippen molar-refractivity contribution in [1.29, 1.82) is 0 Å². The van der Waals surface area contributed by atoms with Gasteiger partial charge in [-0.3, -0.25) is 4.90 Å². The van der Waals surface area contributed by atoms with E-state index in [0.717, 1.165) is 32.8 Å². The molecule has 14 heavy (non-hydrogen) atoms. The topological polar surface area (TPSA) is 27.7 Å². The first kappa shape index (κ1) is 9.09. The lowest BCUT2D eigenvalue weighted by atomic mass is 9.85. The summed E-state index contributed by atoms with van der Waals surface area (Å²) in [6, 6.07) is 0.629. The van der Waals surface area contributed by atoms with Crippen LogP contribution < -0.4 is 5.32 Å². The van der Waals surface area contributed by atoms with Crippen LogP contribution in [-0.4, -0.2) is 74.4 Å². The van der Waals surface area contributed by atoms with Crippen LogP contribution >= 0.6 is 0 Å². The van der Waals surface area contributed by atoms with Gasteiger partial charge in [-0.05, 0) is 7.05 Å². The number of nitrogens with one attached hydrogen (secondary N) is 1. The zero-order valence-electron chi connectivity index (χ0n) is 8.83. The molecule has 3 saturated heterocycles. The summed E-state index contributed by atoms with van der Waals surface area (Å²) in [5.74, 6) is 0. The summed E-state index contributed by atoms with van der Waals surface area (Å²) < 4.78 is 5.56. The molecular formula is C10H19N3O. The van der Waals surface area contributed by atoms with E-state index < -0.39 is 0 Å². The van der Waals surface area contributed by atoms with Crippen molar-refractivity contribution in [2.75, 3.05) is 53.0 Å². The molecule has 4 heteroatoms. The third-order valence-electron chi connectivity index (χ3n) is 3.83. The van der Waals surface area contributed by atoms with Gasteiger partial charge in [0.2, 0.25) is 0 Å². The maximum atomic E-state index is 5.56. The molecule has 0 aromatic rings. The highest BCUT2D eigenvalue weighted by atomic mass is 16.5. The molecule has 0 aromatic heterocycles. The lowest BCUT2D eigenvalue weighted by Gasteiger charge is -2.60. The minimum absolute atomic E-state index is 0.432. The van der Waals surface area contributed by atoms with Crippen LogP contribution in [0.15, 0.2) is 0 Å². The summed E-state index contributed by atoms with van der Waals surface area (Å²) in [6.07, 6.45) is 0. The standard InChI is InChI=1S/C10H19N3O/c1-12-4-9-5-14-3-2-13(9)10(8-12)6-11-7-10/h9,11H,2-8H2,1H3/t9-/m1/s1. The summed E-state index contributed by atoms with van der Waals surface area (Å²) in [6.45, 7) is 7.67. The van der Waals surface area contributed by atoms with E-state index in [1.807, 2.05) is 0 Å². The van der Waals surface area contributed by atoms with Crippen LogP contribution in [0.5, 0.6) is 0 Å². The predicted molar refractivity (Wildman–Crippen MR) is 54.4 cm³/mol. The zero-order valence-corrected chi connectivity index (χ0v) is 8.83. The lowest BCUT2D eigenvalue weighted by molar-refractivity contribution is -0.126. The second-order valence-corrected chi connectivity index (χ2v) is 4.95. The maximum Gasteiger partial charge on any atom is 0.0635 e. The molecule has 3 fully saturated rings. The number of fused-ring (bicyclic) bond motifs is 2. The van der Waals surface area contributed by atoms with E-state index in [1.54, 1.807) is 0 Å². The van der Waals surface area contributed by atoms with Gasteiger partial charge in [-0.1, -0.05) is 0 Å². The molecule has 4 nitrogen and oxygen atoms in total. The predicted octanol–water partition coefficient (Wildman–Crippen LogP) is -1.03. The summed E-state index contributed by atoms with van der Waals surface area (Å²) in [4.78, 5) is 5.14. The van der Waals surface area contributed by atoms with Gasteiger partial charge in [-0.2, -0.15) is 0 Å². The molecule has 0 bridgehead atoms. The Morgan fingerprint density at radius 3 is 3.00 bits per heavy atom. The van der Waals surface area contributed by atoms with Gasteiger partial charge in [0.05, 0.1) is 18.8 Å². The van der Waals surface area contributed by atoms with Crippen molar-refractivity contribution in [3.05, 3.63) is 0 Å². The van der Waals surface area contributed by atoms with Crippen LogP contribution in [0.4, 0.5) is 0 Å². The summed E-state index contributed by atoms with van der Waals surface area (Å²) in [5, 5.41) is 3.42. The Bertz CT molecular complexity index is 229. The first-order valence-corrected chi connectivity index (χ1v) is 5.54. The molecule has 80 valence electrons. The Morgan fingerprint density at radius 2 is 2.29 bits per heavy atom. The normalized spacial score (nSPS) is 37.9. The minimum Gasteiger partial charge on any atom is -0.378 e. The number of likely N-dealkylation sites (N-methyl/N-ethyl adjacent to an activating group) is 1. The van der Waals surface area contributed by atoms with Crippen LogP contribution in [0.1, 0.15) is 0 Å². The van der Waals surface area contributed by atoms with Gasteiger partial charge >= 0.3 is 0 Å². The largest absolute Gasteiger partial charge is 0.378 e. The highest BCUT2D eigenvalue weighted by Gasteiger charge is 2.49. The van der Waals surface area contributed by atoms with E-state index in [0.29, 0.717) is 11.6 Å². The molecule has 3 heterocycles. The Morgan fingerprint density at radius 1 is 1.43 bits per heavy atom. The van der Waals surface area contributed by atoms with E-state index in [-0.39, 0.29) is 0 Å². The molecule has 1 N–H and O–H groups in total. The molecule has 1 atom stereocenters. The first-order chi connectivity index (χ1) is 6.80. The van der Waals surface area contributed by atoms with Gasteiger partial charge in [-0.15, -0.1) is 0 Å². The SMILES string of the molecule is CN1C[C@@H]2COCCN2C2(CNC2)C1. The third-order valence-corrected chi connectivity index (χ3v) is 3.83. The highest BCUT2D eigenvalue weighted by Crippen LogP contribution is 2.30.